The molecule has 0 aromatic heterocycles. The minimum absolute atomic E-state index is 0.188. The summed E-state index contributed by atoms with van der Waals surface area (Å²) in [4.78, 5) is 25.0. The summed E-state index contributed by atoms with van der Waals surface area (Å²) in [5.41, 5.74) is 2.59. The van der Waals surface area contributed by atoms with Crippen LogP contribution in [-0.4, -0.2) is 18.0 Å². The maximum atomic E-state index is 13.0. The van der Waals surface area contributed by atoms with E-state index in [1.807, 2.05) is 0 Å². The lowest BCUT2D eigenvalue weighted by Gasteiger charge is -2.15. The Labute approximate surface area is 173 Å². The number of amides is 1. The highest BCUT2D eigenvalue weighted by atomic mass is 19.1. The second kappa shape index (κ2) is 9.48. The molecule has 1 N–H and O–H groups in total. The van der Waals surface area contributed by atoms with Crippen LogP contribution in [0.4, 0.5) is 4.39 Å². The minimum Gasteiger partial charge on any atom is -0.449 e. The first kappa shape index (κ1) is 20.7. The van der Waals surface area contributed by atoms with Crippen molar-refractivity contribution < 1.29 is 18.7 Å². The van der Waals surface area contributed by atoms with Gasteiger partial charge >= 0.3 is 5.97 Å². The van der Waals surface area contributed by atoms with Crippen LogP contribution in [0.15, 0.2) is 72.8 Å². The van der Waals surface area contributed by atoms with Gasteiger partial charge in [0.1, 0.15) is 5.82 Å². The number of hydrogen-bond acceptors (Lipinski definition) is 4. The van der Waals surface area contributed by atoms with Gasteiger partial charge in [0, 0.05) is 12.1 Å². The fraction of sp³-hybridized carbons (Fsp3) is 0.125. The molecule has 3 rings (SSSR count). The summed E-state index contributed by atoms with van der Waals surface area (Å²) < 4.78 is 18.3. The molecule has 0 saturated carbocycles. The Morgan fingerprint density at radius 3 is 2.33 bits per heavy atom. The van der Waals surface area contributed by atoms with Gasteiger partial charge in [-0.1, -0.05) is 48.5 Å². The molecule has 3 aromatic carbocycles. The SMILES string of the molecule is C[C@H](OC(=O)c1ccccc1-c1ccccc1C#N)C(=O)NCc1ccc(F)cc1. The lowest BCUT2D eigenvalue weighted by molar-refractivity contribution is -0.129. The van der Waals surface area contributed by atoms with E-state index in [-0.39, 0.29) is 17.9 Å². The van der Waals surface area contributed by atoms with Crippen molar-refractivity contribution in [2.45, 2.75) is 19.6 Å². The Balaban J connectivity index is 1.71. The fourth-order valence-corrected chi connectivity index (χ4v) is 2.92. The van der Waals surface area contributed by atoms with E-state index in [1.165, 1.54) is 19.1 Å². The predicted octanol–water partition coefficient (Wildman–Crippen LogP) is 4.23. The summed E-state index contributed by atoms with van der Waals surface area (Å²) in [6, 6.07) is 21.6. The number of nitrogens with one attached hydrogen (secondary N) is 1. The van der Waals surface area contributed by atoms with E-state index in [0.717, 1.165) is 5.56 Å². The van der Waals surface area contributed by atoms with Crippen molar-refractivity contribution in [2.24, 2.45) is 0 Å². The standard InChI is InChI=1S/C24H19FN2O3/c1-16(23(28)27-15-17-10-12-19(25)13-11-17)30-24(29)22-9-5-4-8-21(22)20-7-3-2-6-18(20)14-26/h2-13,16H,15H2,1H3,(H,27,28)/t16-/m0/s1. The number of halogens is 1. The Hall–Kier alpha value is -3.98. The summed E-state index contributed by atoms with van der Waals surface area (Å²) >= 11 is 0. The van der Waals surface area contributed by atoms with Crippen LogP contribution in [0.1, 0.15) is 28.4 Å². The largest absolute Gasteiger partial charge is 0.449 e. The molecule has 0 spiro atoms. The van der Waals surface area contributed by atoms with Crippen LogP contribution in [0.3, 0.4) is 0 Å². The Morgan fingerprint density at radius 2 is 1.63 bits per heavy atom. The lowest BCUT2D eigenvalue weighted by Crippen LogP contribution is -2.35. The Morgan fingerprint density at radius 1 is 1.00 bits per heavy atom. The molecule has 5 nitrogen and oxygen atoms in total. The van der Waals surface area contributed by atoms with Crippen LogP contribution >= 0.6 is 0 Å². The highest BCUT2D eigenvalue weighted by Crippen LogP contribution is 2.27. The molecule has 0 unspecified atom stereocenters. The molecular weight excluding hydrogens is 383 g/mol. The van der Waals surface area contributed by atoms with Crippen LogP contribution in [0.25, 0.3) is 11.1 Å². The summed E-state index contributed by atoms with van der Waals surface area (Å²) in [5.74, 6) is -1.49. The molecule has 0 aliphatic heterocycles. The molecule has 1 atom stereocenters. The van der Waals surface area contributed by atoms with E-state index < -0.39 is 18.0 Å². The second-order valence-corrected chi connectivity index (χ2v) is 6.59. The normalized spacial score (nSPS) is 11.2. The Bertz CT molecular complexity index is 1100. The van der Waals surface area contributed by atoms with Gasteiger partial charge in [0.15, 0.2) is 6.10 Å². The summed E-state index contributed by atoms with van der Waals surface area (Å²) in [7, 11) is 0. The van der Waals surface area contributed by atoms with E-state index >= 15 is 0 Å². The van der Waals surface area contributed by atoms with Crippen molar-refractivity contribution in [3.63, 3.8) is 0 Å². The predicted molar refractivity (Wildman–Crippen MR) is 110 cm³/mol. The lowest BCUT2D eigenvalue weighted by atomic mass is 9.96. The molecule has 0 heterocycles. The highest BCUT2D eigenvalue weighted by Gasteiger charge is 2.21. The van der Waals surface area contributed by atoms with Crippen LogP contribution in [0.2, 0.25) is 0 Å². The number of nitrogens with zero attached hydrogens (tertiary/aromatic N) is 1. The van der Waals surface area contributed by atoms with Crippen LogP contribution < -0.4 is 5.32 Å². The fourth-order valence-electron chi connectivity index (χ4n) is 2.92. The number of rotatable bonds is 6. The van der Waals surface area contributed by atoms with Crippen molar-refractivity contribution in [1.29, 1.82) is 5.26 Å². The van der Waals surface area contributed by atoms with Crippen molar-refractivity contribution >= 4 is 11.9 Å². The zero-order valence-electron chi connectivity index (χ0n) is 16.3. The van der Waals surface area contributed by atoms with E-state index in [4.69, 9.17) is 4.74 Å². The molecule has 30 heavy (non-hydrogen) atoms. The molecular formula is C24H19FN2O3. The maximum Gasteiger partial charge on any atom is 0.339 e. The first-order chi connectivity index (χ1) is 14.5. The minimum atomic E-state index is -1.03. The molecule has 6 heteroatoms. The van der Waals surface area contributed by atoms with Gasteiger partial charge in [-0.3, -0.25) is 4.79 Å². The smallest absolute Gasteiger partial charge is 0.339 e. The van der Waals surface area contributed by atoms with Gasteiger partial charge in [0.05, 0.1) is 17.2 Å². The van der Waals surface area contributed by atoms with E-state index in [9.17, 15) is 19.2 Å². The average Bonchev–Trinajstić information content (AvgIpc) is 2.78. The van der Waals surface area contributed by atoms with Gasteiger partial charge in [0.25, 0.3) is 5.91 Å². The molecule has 0 aliphatic rings. The number of esters is 1. The Kier molecular flexibility index (Phi) is 6.56. The van der Waals surface area contributed by atoms with Crippen molar-refractivity contribution in [1.82, 2.24) is 5.32 Å². The van der Waals surface area contributed by atoms with Gasteiger partial charge < -0.3 is 10.1 Å². The molecule has 0 saturated heterocycles. The number of benzene rings is 3. The van der Waals surface area contributed by atoms with Crippen LogP contribution in [-0.2, 0) is 16.1 Å². The van der Waals surface area contributed by atoms with Crippen molar-refractivity contribution in [3.05, 3.63) is 95.3 Å². The zero-order valence-corrected chi connectivity index (χ0v) is 16.3. The van der Waals surface area contributed by atoms with Crippen molar-refractivity contribution in [2.75, 3.05) is 0 Å². The van der Waals surface area contributed by atoms with E-state index in [1.54, 1.807) is 60.7 Å². The number of carbonyl (C=O) groups excluding carboxylic acids is 2. The average molecular weight is 402 g/mol. The van der Waals surface area contributed by atoms with Gasteiger partial charge in [-0.2, -0.15) is 5.26 Å². The van der Waals surface area contributed by atoms with Gasteiger partial charge in [-0.05, 0) is 42.3 Å². The molecule has 3 aromatic rings. The summed E-state index contributed by atoms with van der Waals surface area (Å²) in [6.07, 6.45) is -1.03. The van der Waals surface area contributed by atoms with Gasteiger partial charge in [-0.25, -0.2) is 9.18 Å². The number of carbonyl (C=O) groups is 2. The second-order valence-electron chi connectivity index (χ2n) is 6.59. The number of nitriles is 1. The van der Waals surface area contributed by atoms with Gasteiger partial charge in [0.2, 0.25) is 0 Å². The third kappa shape index (κ3) is 4.89. The van der Waals surface area contributed by atoms with Gasteiger partial charge in [-0.15, -0.1) is 0 Å². The van der Waals surface area contributed by atoms with Crippen LogP contribution in [0.5, 0.6) is 0 Å². The maximum absolute atomic E-state index is 13.0. The van der Waals surface area contributed by atoms with Crippen molar-refractivity contribution in [3.8, 4) is 17.2 Å². The highest BCUT2D eigenvalue weighted by molar-refractivity contribution is 5.99. The molecule has 0 bridgehead atoms. The first-order valence-corrected chi connectivity index (χ1v) is 9.31. The number of hydrogen-bond donors (Lipinski definition) is 1. The van der Waals surface area contributed by atoms with E-state index in [0.29, 0.717) is 16.7 Å². The molecule has 0 aliphatic carbocycles. The topological polar surface area (TPSA) is 79.2 Å². The zero-order chi connectivity index (χ0) is 21.5. The molecule has 1 amide bonds. The monoisotopic (exact) mass is 402 g/mol. The quantitative estimate of drug-likeness (QED) is 0.626. The first-order valence-electron chi connectivity index (χ1n) is 9.31. The molecule has 0 fully saturated rings. The number of ether oxygens (including phenoxy) is 1. The third-order valence-electron chi connectivity index (χ3n) is 4.52. The summed E-state index contributed by atoms with van der Waals surface area (Å²) in [5, 5.41) is 12.0. The third-order valence-corrected chi connectivity index (χ3v) is 4.52. The molecule has 0 radical (unpaired) electrons. The van der Waals surface area contributed by atoms with Crippen LogP contribution in [0, 0.1) is 17.1 Å². The molecule has 150 valence electrons. The summed E-state index contributed by atoms with van der Waals surface area (Å²) in [6.45, 7) is 1.66. The van der Waals surface area contributed by atoms with E-state index in [2.05, 4.69) is 11.4 Å².